The first kappa shape index (κ1) is 12.4. The molecule has 0 aliphatic carbocycles. The van der Waals surface area contributed by atoms with Gasteiger partial charge in [-0.05, 0) is 24.6 Å². The van der Waals surface area contributed by atoms with Gasteiger partial charge in [-0.3, -0.25) is 4.90 Å². The second-order valence-corrected chi connectivity index (χ2v) is 5.06. The topological polar surface area (TPSA) is 49.8 Å². The quantitative estimate of drug-likeness (QED) is 0.867. The molecule has 2 atom stereocenters. The molecular formula is C12H14BrNO3. The van der Waals surface area contributed by atoms with Crippen LogP contribution in [0.4, 0.5) is 4.79 Å². The SMILES string of the molecule is C[C@H]1COC[C@@H](c2ccc(Br)cc2)N1C(=O)O. The molecule has 1 saturated heterocycles. The molecule has 0 saturated carbocycles. The zero-order chi connectivity index (χ0) is 12.4. The molecule has 5 heteroatoms. The number of carboxylic acid groups (broad SMARTS) is 1. The maximum Gasteiger partial charge on any atom is 0.408 e. The van der Waals surface area contributed by atoms with Gasteiger partial charge in [-0.1, -0.05) is 28.1 Å². The number of morpholine rings is 1. The minimum Gasteiger partial charge on any atom is -0.465 e. The number of benzene rings is 1. The number of amides is 1. The summed E-state index contributed by atoms with van der Waals surface area (Å²) in [5.74, 6) is 0. The van der Waals surface area contributed by atoms with E-state index in [1.54, 1.807) is 0 Å². The van der Waals surface area contributed by atoms with Gasteiger partial charge in [-0.25, -0.2) is 4.79 Å². The number of halogens is 1. The molecule has 0 spiro atoms. The predicted octanol–water partition coefficient (Wildman–Crippen LogP) is 2.89. The average Bonchev–Trinajstić information content (AvgIpc) is 2.29. The first-order valence-electron chi connectivity index (χ1n) is 5.44. The van der Waals surface area contributed by atoms with E-state index >= 15 is 0 Å². The van der Waals surface area contributed by atoms with E-state index in [2.05, 4.69) is 15.9 Å². The first-order chi connectivity index (χ1) is 8.09. The van der Waals surface area contributed by atoms with Gasteiger partial charge in [-0.15, -0.1) is 0 Å². The van der Waals surface area contributed by atoms with E-state index in [9.17, 15) is 9.90 Å². The summed E-state index contributed by atoms with van der Waals surface area (Å²) in [5, 5.41) is 9.26. The largest absolute Gasteiger partial charge is 0.465 e. The molecule has 92 valence electrons. The van der Waals surface area contributed by atoms with Crippen molar-refractivity contribution in [2.45, 2.75) is 19.0 Å². The van der Waals surface area contributed by atoms with Crippen LogP contribution in [0.3, 0.4) is 0 Å². The molecule has 0 unspecified atom stereocenters. The third-order valence-corrected chi connectivity index (χ3v) is 3.45. The molecule has 1 aliphatic rings. The van der Waals surface area contributed by atoms with Crippen LogP contribution in [0, 0.1) is 0 Å². The van der Waals surface area contributed by atoms with Crippen LogP contribution in [0.25, 0.3) is 0 Å². The summed E-state index contributed by atoms with van der Waals surface area (Å²) in [6.07, 6.45) is -0.895. The minimum absolute atomic E-state index is 0.116. The van der Waals surface area contributed by atoms with Crippen LogP contribution in [-0.4, -0.2) is 35.4 Å². The Morgan fingerprint density at radius 2 is 2.06 bits per heavy atom. The van der Waals surface area contributed by atoms with E-state index in [-0.39, 0.29) is 12.1 Å². The zero-order valence-electron chi connectivity index (χ0n) is 9.47. The number of ether oxygens (including phenoxy) is 1. The Labute approximate surface area is 108 Å². The lowest BCUT2D eigenvalue weighted by atomic mass is 10.0. The average molecular weight is 300 g/mol. The fraction of sp³-hybridized carbons (Fsp3) is 0.417. The van der Waals surface area contributed by atoms with Crippen molar-refractivity contribution in [3.8, 4) is 0 Å². The van der Waals surface area contributed by atoms with E-state index in [0.29, 0.717) is 13.2 Å². The van der Waals surface area contributed by atoms with Gasteiger partial charge in [0.1, 0.15) is 0 Å². The van der Waals surface area contributed by atoms with Crippen molar-refractivity contribution in [2.75, 3.05) is 13.2 Å². The van der Waals surface area contributed by atoms with Gasteiger partial charge in [0.25, 0.3) is 0 Å². The molecule has 17 heavy (non-hydrogen) atoms. The van der Waals surface area contributed by atoms with E-state index < -0.39 is 6.09 Å². The van der Waals surface area contributed by atoms with Crippen molar-refractivity contribution in [1.29, 1.82) is 0 Å². The summed E-state index contributed by atoms with van der Waals surface area (Å²) in [7, 11) is 0. The molecule has 1 amide bonds. The molecule has 0 aromatic heterocycles. The maximum absolute atomic E-state index is 11.3. The van der Waals surface area contributed by atoms with E-state index in [1.165, 1.54) is 4.90 Å². The molecule has 4 nitrogen and oxygen atoms in total. The molecule has 1 N–H and O–H groups in total. The number of hydrogen-bond donors (Lipinski definition) is 1. The van der Waals surface area contributed by atoms with Crippen LogP contribution in [0.5, 0.6) is 0 Å². The van der Waals surface area contributed by atoms with Gasteiger partial charge in [0.15, 0.2) is 0 Å². The molecule has 2 rings (SSSR count). The Hall–Kier alpha value is -1.07. The van der Waals surface area contributed by atoms with Crippen molar-refractivity contribution in [3.63, 3.8) is 0 Å². The standard InChI is InChI=1S/C12H14BrNO3/c1-8-6-17-7-11(14(8)12(15)16)9-2-4-10(13)5-3-9/h2-5,8,11H,6-7H2,1H3,(H,15,16)/t8-,11-/m0/s1. The van der Waals surface area contributed by atoms with Crippen molar-refractivity contribution in [3.05, 3.63) is 34.3 Å². The second-order valence-electron chi connectivity index (χ2n) is 4.14. The smallest absolute Gasteiger partial charge is 0.408 e. The molecular weight excluding hydrogens is 286 g/mol. The fourth-order valence-corrected chi connectivity index (χ4v) is 2.35. The van der Waals surface area contributed by atoms with Gasteiger partial charge in [-0.2, -0.15) is 0 Å². The second kappa shape index (κ2) is 5.06. The van der Waals surface area contributed by atoms with Gasteiger partial charge < -0.3 is 9.84 Å². The van der Waals surface area contributed by atoms with Gasteiger partial charge in [0, 0.05) is 4.47 Å². The fourth-order valence-electron chi connectivity index (χ4n) is 2.08. The summed E-state index contributed by atoms with van der Waals surface area (Å²) < 4.78 is 6.42. The molecule has 1 aromatic rings. The number of nitrogens with zero attached hydrogens (tertiary/aromatic N) is 1. The molecule has 1 aliphatic heterocycles. The van der Waals surface area contributed by atoms with E-state index in [1.807, 2.05) is 31.2 Å². The highest BCUT2D eigenvalue weighted by Crippen LogP contribution is 2.28. The van der Waals surface area contributed by atoms with Crippen LogP contribution in [0.1, 0.15) is 18.5 Å². The summed E-state index contributed by atoms with van der Waals surface area (Å²) in [4.78, 5) is 12.7. The van der Waals surface area contributed by atoms with Crippen molar-refractivity contribution < 1.29 is 14.6 Å². The normalized spacial score (nSPS) is 24.7. The molecule has 1 fully saturated rings. The third kappa shape index (κ3) is 2.61. The Balaban J connectivity index is 2.28. The molecule has 0 radical (unpaired) electrons. The maximum atomic E-state index is 11.3. The summed E-state index contributed by atoms with van der Waals surface area (Å²) in [5.41, 5.74) is 0.960. The number of carbonyl (C=O) groups is 1. The lowest BCUT2D eigenvalue weighted by molar-refractivity contribution is -0.0329. The lowest BCUT2D eigenvalue weighted by Gasteiger charge is -2.38. The Kier molecular flexibility index (Phi) is 3.69. The first-order valence-corrected chi connectivity index (χ1v) is 6.23. The van der Waals surface area contributed by atoms with Crippen molar-refractivity contribution in [2.24, 2.45) is 0 Å². The Morgan fingerprint density at radius 3 is 2.65 bits per heavy atom. The molecule has 1 aromatic carbocycles. The van der Waals surface area contributed by atoms with Gasteiger partial charge in [0.2, 0.25) is 0 Å². The van der Waals surface area contributed by atoms with Crippen LogP contribution in [0.2, 0.25) is 0 Å². The van der Waals surface area contributed by atoms with Gasteiger partial charge >= 0.3 is 6.09 Å². The minimum atomic E-state index is -0.895. The van der Waals surface area contributed by atoms with E-state index in [0.717, 1.165) is 10.0 Å². The number of hydrogen-bond acceptors (Lipinski definition) is 2. The van der Waals surface area contributed by atoms with Crippen LogP contribution >= 0.6 is 15.9 Å². The third-order valence-electron chi connectivity index (χ3n) is 2.92. The van der Waals surface area contributed by atoms with Crippen LogP contribution in [-0.2, 0) is 4.74 Å². The van der Waals surface area contributed by atoms with Crippen LogP contribution in [0.15, 0.2) is 28.7 Å². The highest BCUT2D eigenvalue weighted by molar-refractivity contribution is 9.10. The Morgan fingerprint density at radius 1 is 1.41 bits per heavy atom. The summed E-state index contributed by atoms with van der Waals surface area (Å²) >= 11 is 3.36. The lowest BCUT2D eigenvalue weighted by Crippen LogP contribution is -2.48. The molecule has 0 bridgehead atoms. The molecule has 1 heterocycles. The summed E-state index contributed by atoms with van der Waals surface area (Å²) in [6, 6.07) is 7.33. The summed E-state index contributed by atoms with van der Waals surface area (Å²) in [6.45, 7) is 2.73. The van der Waals surface area contributed by atoms with Crippen molar-refractivity contribution in [1.82, 2.24) is 4.90 Å². The van der Waals surface area contributed by atoms with E-state index in [4.69, 9.17) is 4.74 Å². The highest BCUT2D eigenvalue weighted by atomic mass is 79.9. The number of rotatable bonds is 1. The van der Waals surface area contributed by atoms with Gasteiger partial charge in [0.05, 0.1) is 25.3 Å². The Bertz CT molecular complexity index is 407. The predicted molar refractivity (Wildman–Crippen MR) is 67.0 cm³/mol. The highest BCUT2D eigenvalue weighted by Gasteiger charge is 2.33. The monoisotopic (exact) mass is 299 g/mol. The van der Waals surface area contributed by atoms with Crippen LogP contribution < -0.4 is 0 Å². The zero-order valence-corrected chi connectivity index (χ0v) is 11.1. The van der Waals surface area contributed by atoms with Crippen molar-refractivity contribution >= 4 is 22.0 Å².